The second-order valence-electron chi connectivity index (χ2n) is 5.72. The number of nitrogens with two attached hydrogens (primary N) is 1. The molecule has 0 amide bonds. The Balaban J connectivity index is 2.31. The minimum absolute atomic E-state index is 0.184. The third-order valence-electron chi connectivity index (χ3n) is 4.02. The van der Waals surface area contributed by atoms with E-state index in [2.05, 4.69) is 12.2 Å². The molecule has 2 unspecified atom stereocenters. The molecular weight excluding hydrogens is 260 g/mol. The van der Waals surface area contributed by atoms with E-state index in [4.69, 9.17) is 5.14 Å². The van der Waals surface area contributed by atoms with Crippen LogP contribution in [-0.2, 0) is 10.0 Å². The van der Waals surface area contributed by atoms with Gasteiger partial charge in [0.15, 0.2) is 0 Å². The van der Waals surface area contributed by atoms with E-state index in [1.807, 2.05) is 13.8 Å². The lowest BCUT2D eigenvalue weighted by molar-refractivity contribution is 0.597. The van der Waals surface area contributed by atoms with Gasteiger partial charge in [-0.25, -0.2) is 13.6 Å². The van der Waals surface area contributed by atoms with Gasteiger partial charge < -0.3 is 5.32 Å². The highest BCUT2D eigenvalue weighted by Crippen LogP contribution is 2.30. The van der Waals surface area contributed by atoms with Crippen molar-refractivity contribution < 1.29 is 8.42 Å². The van der Waals surface area contributed by atoms with Crippen LogP contribution in [0.3, 0.4) is 0 Å². The van der Waals surface area contributed by atoms with Crippen molar-refractivity contribution in [2.45, 2.75) is 51.0 Å². The number of hydrogen-bond donors (Lipinski definition) is 2. The molecule has 0 saturated heterocycles. The van der Waals surface area contributed by atoms with Crippen molar-refractivity contribution >= 4 is 15.7 Å². The van der Waals surface area contributed by atoms with Crippen LogP contribution in [0.5, 0.6) is 0 Å². The van der Waals surface area contributed by atoms with Gasteiger partial charge in [-0.2, -0.15) is 0 Å². The lowest BCUT2D eigenvalue weighted by Crippen LogP contribution is -2.18. The molecule has 0 bridgehead atoms. The summed E-state index contributed by atoms with van der Waals surface area (Å²) in [5.74, 6) is 0.736. The summed E-state index contributed by atoms with van der Waals surface area (Å²) >= 11 is 0. The van der Waals surface area contributed by atoms with Crippen LogP contribution < -0.4 is 10.5 Å². The number of hydrogen-bond acceptors (Lipinski definition) is 3. The predicted octanol–water partition coefficient (Wildman–Crippen LogP) is 2.55. The molecule has 0 aromatic heterocycles. The molecule has 106 valence electrons. The van der Waals surface area contributed by atoms with Crippen LogP contribution in [0.15, 0.2) is 17.0 Å². The smallest absolute Gasteiger partial charge is 0.238 e. The highest BCUT2D eigenvalue weighted by molar-refractivity contribution is 7.89. The first-order valence-electron chi connectivity index (χ1n) is 6.68. The molecule has 0 aliphatic heterocycles. The summed E-state index contributed by atoms with van der Waals surface area (Å²) in [5.41, 5.74) is 2.93. The van der Waals surface area contributed by atoms with Crippen molar-refractivity contribution in [2.75, 3.05) is 5.32 Å². The Hall–Kier alpha value is -1.07. The van der Waals surface area contributed by atoms with E-state index in [1.54, 1.807) is 12.1 Å². The number of nitrogens with one attached hydrogen (secondary N) is 1. The fourth-order valence-electron chi connectivity index (χ4n) is 2.70. The molecule has 2 atom stereocenters. The highest BCUT2D eigenvalue weighted by atomic mass is 32.2. The van der Waals surface area contributed by atoms with E-state index < -0.39 is 10.0 Å². The van der Waals surface area contributed by atoms with Crippen LogP contribution in [-0.4, -0.2) is 14.5 Å². The maximum atomic E-state index is 11.5. The molecule has 19 heavy (non-hydrogen) atoms. The van der Waals surface area contributed by atoms with E-state index in [0.717, 1.165) is 35.6 Å². The summed E-state index contributed by atoms with van der Waals surface area (Å²) < 4.78 is 23.0. The van der Waals surface area contributed by atoms with Gasteiger partial charge in [-0.3, -0.25) is 0 Å². The second-order valence-corrected chi connectivity index (χ2v) is 7.28. The molecule has 5 heteroatoms. The van der Waals surface area contributed by atoms with E-state index in [9.17, 15) is 8.42 Å². The van der Waals surface area contributed by atoms with Crippen LogP contribution in [0.25, 0.3) is 0 Å². The standard InChI is InChI=1S/C14H22N2O2S/c1-9-4-5-12(6-9)16-14-8-13(19(15,17)18)7-10(2)11(14)3/h7-9,12,16H,4-6H2,1-3H3,(H2,15,17,18). The van der Waals surface area contributed by atoms with Gasteiger partial charge in [0, 0.05) is 11.7 Å². The number of rotatable bonds is 3. The van der Waals surface area contributed by atoms with Gasteiger partial charge in [0.2, 0.25) is 10.0 Å². The first kappa shape index (κ1) is 14.3. The van der Waals surface area contributed by atoms with Crippen molar-refractivity contribution in [3.8, 4) is 0 Å². The monoisotopic (exact) mass is 282 g/mol. The molecule has 2 rings (SSSR count). The average Bonchev–Trinajstić information content (AvgIpc) is 2.69. The largest absolute Gasteiger partial charge is 0.382 e. The normalized spacial score (nSPS) is 23.6. The average molecular weight is 282 g/mol. The first-order valence-corrected chi connectivity index (χ1v) is 8.22. The van der Waals surface area contributed by atoms with Crippen LogP contribution in [0.4, 0.5) is 5.69 Å². The summed E-state index contributed by atoms with van der Waals surface area (Å²) in [5, 5.41) is 8.69. The first-order chi connectivity index (χ1) is 8.77. The van der Waals surface area contributed by atoms with Crippen LogP contribution in [0.2, 0.25) is 0 Å². The zero-order chi connectivity index (χ0) is 14.2. The zero-order valence-electron chi connectivity index (χ0n) is 11.7. The van der Waals surface area contributed by atoms with E-state index in [0.29, 0.717) is 6.04 Å². The summed E-state index contributed by atoms with van der Waals surface area (Å²) in [4.78, 5) is 0.184. The van der Waals surface area contributed by atoms with E-state index in [1.165, 1.54) is 6.42 Å². The topological polar surface area (TPSA) is 72.2 Å². The van der Waals surface area contributed by atoms with E-state index >= 15 is 0 Å². The highest BCUT2D eigenvalue weighted by Gasteiger charge is 2.22. The van der Waals surface area contributed by atoms with Gasteiger partial charge in [-0.15, -0.1) is 0 Å². The quantitative estimate of drug-likeness (QED) is 0.895. The Morgan fingerprint density at radius 3 is 2.47 bits per heavy atom. The second kappa shape index (κ2) is 5.13. The predicted molar refractivity (Wildman–Crippen MR) is 77.7 cm³/mol. The maximum Gasteiger partial charge on any atom is 0.238 e. The molecule has 3 N–H and O–H groups in total. The molecule has 0 heterocycles. The fourth-order valence-corrected chi connectivity index (χ4v) is 3.32. The Kier molecular flexibility index (Phi) is 3.87. The summed E-state index contributed by atoms with van der Waals surface area (Å²) in [6.45, 7) is 6.16. The fraction of sp³-hybridized carbons (Fsp3) is 0.571. The summed E-state index contributed by atoms with van der Waals surface area (Å²) in [6, 6.07) is 3.72. The van der Waals surface area contributed by atoms with Gasteiger partial charge in [-0.1, -0.05) is 6.92 Å². The van der Waals surface area contributed by atoms with Crippen LogP contribution in [0.1, 0.15) is 37.3 Å². The Morgan fingerprint density at radius 1 is 1.26 bits per heavy atom. The molecule has 1 saturated carbocycles. The lowest BCUT2D eigenvalue weighted by atomic mass is 10.1. The zero-order valence-corrected chi connectivity index (χ0v) is 12.5. The molecule has 1 aliphatic rings. The van der Waals surface area contributed by atoms with Gasteiger partial charge in [0.25, 0.3) is 0 Å². The molecule has 0 radical (unpaired) electrons. The number of sulfonamides is 1. The molecule has 4 nitrogen and oxygen atoms in total. The van der Waals surface area contributed by atoms with E-state index in [-0.39, 0.29) is 4.90 Å². The Bertz CT molecular complexity index is 581. The van der Waals surface area contributed by atoms with Crippen molar-refractivity contribution in [3.63, 3.8) is 0 Å². The molecule has 1 aromatic rings. The van der Waals surface area contributed by atoms with Gasteiger partial charge in [0.1, 0.15) is 0 Å². The van der Waals surface area contributed by atoms with Crippen LogP contribution in [0, 0.1) is 19.8 Å². The number of primary sulfonamides is 1. The third-order valence-corrected chi connectivity index (χ3v) is 4.92. The third kappa shape index (κ3) is 3.28. The lowest BCUT2D eigenvalue weighted by Gasteiger charge is -2.18. The van der Waals surface area contributed by atoms with Crippen molar-refractivity contribution in [1.29, 1.82) is 0 Å². The number of benzene rings is 1. The number of aryl methyl sites for hydroxylation is 1. The van der Waals surface area contributed by atoms with Crippen molar-refractivity contribution in [2.24, 2.45) is 11.1 Å². The minimum atomic E-state index is -3.65. The molecule has 1 aliphatic carbocycles. The molecule has 1 fully saturated rings. The van der Waals surface area contributed by atoms with Gasteiger partial charge in [0.05, 0.1) is 4.90 Å². The Morgan fingerprint density at radius 2 is 1.95 bits per heavy atom. The maximum absolute atomic E-state index is 11.5. The SMILES string of the molecule is Cc1cc(S(N)(=O)=O)cc(NC2CCC(C)C2)c1C. The summed E-state index contributed by atoms with van der Waals surface area (Å²) in [6.07, 6.45) is 3.50. The van der Waals surface area contributed by atoms with Gasteiger partial charge in [-0.05, 0) is 62.3 Å². The van der Waals surface area contributed by atoms with Crippen LogP contribution >= 0.6 is 0 Å². The molecule has 0 spiro atoms. The minimum Gasteiger partial charge on any atom is -0.382 e. The molecule has 1 aromatic carbocycles. The summed E-state index contributed by atoms with van der Waals surface area (Å²) in [7, 11) is -3.65. The molecular formula is C14H22N2O2S. The van der Waals surface area contributed by atoms with Crippen molar-refractivity contribution in [3.05, 3.63) is 23.3 Å². The van der Waals surface area contributed by atoms with Gasteiger partial charge >= 0.3 is 0 Å². The van der Waals surface area contributed by atoms with Crippen molar-refractivity contribution in [1.82, 2.24) is 0 Å². The number of anilines is 1. The Labute approximate surface area is 115 Å².